The molecule has 0 aliphatic rings. The molecular formula is C31H30FN5O5S. The quantitative estimate of drug-likeness (QED) is 0.143. The molecule has 3 amide bonds. The van der Waals surface area contributed by atoms with Crippen LogP contribution < -0.4 is 20.5 Å². The summed E-state index contributed by atoms with van der Waals surface area (Å²) in [6.07, 6.45) is -0.198. The van der Waals surface area contributed by atoms with Gasteiger partial charge in [-0.25, -0.2) is 27.5 Å². The van der Waals surface area contributed by atoms with E-state index < -0.39 is 21.9 Å². The lowest BCUT2D eigenvalue weighted by Gasteiger charge is -2.23. The molecule has 5 N–H and O–H groups in total. The number of carbonyl (C=O) groups is 2. The maximum atomic E-state index is 13.2. The fraction of sp³-hybridized carbons (Fsp3) is 0.129. The Morgan fingerprint density at radius 3 is 2.33 bits per heavy atom. The van der Waals surface area contributed by atoms with Crippen molar-refractivity contribution in [3.63, 3.8) is 0 Å². The molecule has 0 fully saturated rings. The van der Waals surface area contributed by atoms with Gasteiger partial charge in [0.2, 0.25) is 10.0 Å². The minimum absolute atomic E-state index is 0.0104. The average Bonchev–Trinajstić information content (AvgIpc) is 2.98. The fourth-order valence-electron chi connectivity index (χ4n) is 4.27. The summed E-state index contributed by atoms with van der Waals surface area (Å²) in [6.45, 7) is 2.64. The van der Waals surface area contributed by atoms with Gasteiger partial charge in [-0.15, -0.1) is 0 Å². The van der Waals surface area contributed by atoms with E-state index in [1.54, 1.807) is 71.6 Å². The van der Waals surface area contributed by atoms with Crippen LogP contribution in [0, 0.1) is 11.2 Å². The maximum Gasteiger partial charge on any atom is 0.418 e. The number of rotatable bonds is 9. The molecule has 0 spiro atoms. The van der Waals surface area contributed by atoms with Crippen LogP contribution in [0.2, 0.25) is 0 Å². The van der Waals surface area contributed by atoms with Crippen molar-refractivity contribution in [2.45, 2.75) is 24.8 Å². The molecule has 0 heterocycles. The van der Waals surface area contributed by atoms with Crippen LogP contribution in [0.3, 0.4) is 0 Å². The van der Waals surface area contributed by atoms with Crippen LogP contribution >= 0.6 is 0 Å². The van der Waals surface area contributed by atoms with Gasteiger partial charge >= 0.3 is 12.1 Å². The number of nitrogens with one attached hydrogen (secondary N) is 3. The summed E-state index contributed by atoms with van der Waals surface area (Å²) in [6, 6.07) is 24.6. The Kier molecular flexibility index (Phi) is 9.86. The molecule has 43 heavy (non-hydrogen) atoms. The molecule has 10 nitrogen and oxygen atoms in total. The number of ether oxygens (including phenoxy) is 1. The first-order valence-electron chi connectivity index (χ1n) is 13.2. The Morgan fingerprint density at radius 1 is 0.953 bits per heavy atom. The number of nitrogens with two attached hydrogens (primary N) is 1. The number of benzene rings is 4. The molecular weight excluding hydrogens is 573 g/mol. The van der Waals surface area contributed by atoms with E-state index in [1.807, 2.05) is 6.92 Å². The second-order valence-electron chi connectivity index (χ2n) is 9.51. The molecule has 4 aromatic carbocycles. The fourth-order valence-corrected chi connectivity index (χ4v) is 5.03. The molecule has 0 unspecified atom stereocenters. The minimum atomic E-state index is -3.91. The second-order valence-corrected chi connectivity index (χ2v) is 11.0. The highest BCUT2D eigenvalue weighted by atomic mass is 32.2. The normalized spacial score (nSPS) is 11.0. The number of primary sulfonamides is 1. The summed E-state index contributed by atoms with van der Waals surface area (Å²) < 4.78 is 42.1. The highest BCUT2D eigenvalue weighted by Crippen LogP contribution is 2.27. The Hall–Kier alpha value is -5.07. The molecule has 222 valence electrons. The molecule has 4 aromatic rings. The number of nitrogens with zero attached hydrogens (tertiary/aromatic N) is 1. The summed E-state index contributed by atoms with van der Waals surface area (Å²) in [4.78, 5) is 27.0. The largest absolute Gasteiger partial charge is 0.418 e. The second kappa shape index (κ2) is 13.7. The van der Waals surface area contributed by atoms with Gasteiger partial charge in [0.1, 0.15) is 17.4 Å². The molecule has 0 radical (unpaired) electrons. The SMILES string of the molecule is CCCN(Cc1cccc(C(=N)NC(=O)Oc2ccc(F)cc2)c1)C(=O)Nc1ccc(-c2ccccc2S(N)(=O)=O)cc1. The van der Waals surface area contributed by atoms with Gasteiger partial charge in [0.15, 0.2) is 0 Å². The lowest BCUT2D eigenvalue weighted by atomic mass is 10.1. The lowest BCUT2D eigenvalue weighted by molar-refractivity contribution is 0.206. The van der Waals surface area contributed by atoms with Crippen molar-refractivity contribution in [3.8, 4) is 16.9 Å². The van der Waals surface area contributed by atoms with Crippen molar-refractivity contribution >= 4 is 33.7 Å². The summed E-state index contributed by atoms with van der Waals surface area (Å²) >= 11 is 0. The average molecular weight is 604 g/mol. The van der Waals surface area contributed by atoms with Gasteiger partial charge in [0.05, 0.1) is 4.90 Å². The van der Waals surface area contributed by atoms with Crippen molar-refractivity contribution in [2.24, 2.45) is 5.14 Å². The summed E-state index contributed by atoms with van der Waals surface area (Å²) in [7, 11) is -3.91. The van der Waals surface area contributed by atoms with E-state index >= 15 is 0 Å². The van der Waals surface area contributed by atoms with Gasteiger partial charge in [-0.05, 0) is 66.1 Å². The van der Waals surface area contributed by atoms with Crippen molar-refractivity contribution in [3.05, 3.63) is 114 Å². The van der Waals surface area contributed by atoms with E-state index in [9.17, 15) is 22.4 Å². The number of hydrogen-bond donors (Lipinski definition) is 4. The van der Waals surface area contributed by atoms with Crippen LogP contribution in [0.15, 0.2) is 102 Å². The first-order chi connectivity index (χ1) is 20.5. The van der Waals surface area contributed by atoms with Crippen molar-refractivity contribution in [2.75, 3.05) is 11.9 Å². The number of sulfonamides is 1. The van der Waals surface area contributed by atoms with Crippen LogP contribution in [0.1, 0.15) is 24.5 Å². The number of hydrogen-bond acceptors (Lipinski definition) is 6. The van der Waals surface area contributed by atoms with Crippen LogP contribution in [-0.4, -0.2) is 37.8 Å². The third kappa shape index (κ3) is 8.47. The van der Waals surface area contributed by atoms with Crippen LogP contribution in [0.25, 0.3) is 11.1 Å². The molecule has 0 bridgehead atoms. The molecule has 4 rings (SSSR count). The molecule has 0 atom stereocenters. The molecule has 0 aromatic heterocycles. The monoisotopic (exact) mass is 603 g/mol. The number of halogens is 1. The zero-order valence-corrected chi connectivity index (χ0v) is 24.0. The Morgan fingerprint density at radius 2 is 1.65 bits per heavy atom. The van der Waals surface area contributed by atoms with Crippen molar-refractivity contribution < 1.29 is 27.1 Å². The lowest BCUT2D eigenvalue weighted by Crippen LogP contribution is -2.35. The van der Waals surface area contributed by atoms with E-state index in [1.165, 1.54) is 18.2 Å². The van der Waals surface area contributed by atoms with E-state index in [4.69, 9.17) is 15.3 Å². The van der Waals surface area contributed by atoms with E-state index in [-0.39, 0.29) is 29.1 Å². The Bertz CT molecular complexity index is 1730. The number of amidine groups is 1. The summed E-state index contributed by atoms with van der Waals surface area (Å²) in [5, 5.41) is 18.8. The number of urea groups is 1. The third-order valence-corrected chi connectivity index (χ3v) is 7.23. The first-order valence-corrected chi connectivity index (χ1v) is 14.8. The Labute approximate surface area is 248 Å². The summed E-state index contributed by atoms with van der Waals surface area (Å²) in [5.74, 6) is -0.542. The molecule has 0 aliphatic heterocycles. The van der Waals surface area contributed by atoms with Gasteiger partial charge in [0, 0.05) is 29.9 Å². The zero-order valence-electron chi connectivity index (χ0n) is 23.2. The van der Waals surface area contributed by atoms with E-state index in [0.717, 1.165) is 17.7 Å². The van der Waals surface area contributed by atoms with Gasteiger partial charge in [0.25, 0.3) is 0 Å². The predicted molar refractivity (Wildman–Crippen MR) is 162 cm³/mol. The zero-order chi connectivity index (χ0) is 31.0. The number of anilines is 1. The van der Waals surface area contributed by atoms with Crippen molar-refractivity contribution in [1.29, 1.82) is 5.41 Å². The third-order valence-electron chi connectivity index (χ3n) is 6.26. The Balaban J connectivity index is 1.40. The van der Waals surface area contributed by atoms with Gasteiger partial charge in [-0.2, -0.15) is 0 Å². The summed E-state index contributed by atoms with van der Waals surface area (Å²) in [5.41, 5.74) is 2.74. The highest BCUT2D eigenvalue weighted by molar-refractivity contribution is 7.89. The van der Waals surface area contributed by atoms with Gasteiger partial charge in [-0.3, -0.25) is 10.7 Å². The van der Waals surface area contributed by atoms with E-state index in [2.05, 4.69) is 10.6 Å². The topological polar surface area (TPSA) is 155 Å². The first kappa shape index (κ1) is 30.9. The maximum absolute atomic E-state index is 13.2. The van der Waals surface area contributed by atoms with Gasteiger partial charge < -0.3 is 15.0 Å². The standard InChI is InChI=1S/C31H30FN5O5S/c1-2-18-37(30(38)35-25-14-10-22(11-15-25)27-8-3-4-9-28(27)43(34,40)41)20-21-6-5-7-23(19-21)29(33)36-31(39)42-26-16-12-24(32)13-17-26/h3-17,19H,2,18,20H2,1H3,(H,35,38)(H2,33,36,39)(H2,34,40,41). The van der Waals surface area contributed by atoms with Crippen molar-refractivity contribution in [1.82, 2.24) is 10.2 Å². The minimum Gasteiger partial charge on any atom is -0.410 e. The van der Waals surface area contributed by atoms with E-state index in [0.29, 0.717) is 35.3 Å². The number of carbonyl (C=O) groups excluding carboxylic acids is 2. The highest BCUT2D eigenvalue weighted by Gasteiger charge is 2.17. The number of amides is 3. The molecule has 0 saturated carbocycles. The van der Waals surface area contributed by atoms with Crippen LogP contribution in [0.4, 0.5) is 19.7 Å². The van der Waals surface area contributed by atoms with Crippen LogP contribution in [-0.2, 0) is 16.6 Å². The smallest absolute Gasteiger partial charge is 0.410 e. The molecule has 0 saturated heterocycles. The van der Waals surface area contributed by atoms with Crippen LogP contribution in [0.5, 0.6) is 5.75 Å². The predicted octanol–water partition coefficient (Wildman–Crippen LogP) is 5.70. The van der Waals surface area contributed by atoms with Gasteiger partial charge in [-0.1, -0.05) is 55.5 Å². The molecule has 12 heteroatoms. The molecule has 0 aliphatic carbocycles.